The Morgan fingerprint density at radius 1 is 1.00 bits per heavy atom. The van der Waals surface area contributed by atoms with E-state index in [1.54, 1.807) is 29.8 Å². The van der Waals surface area contributed by atoms with Crippen LogP contribution in [-0.2, 0) is 0 Å². The first-order valence-electron chi connectivity index (χ1n) is 7.13. The minimum absolute atomic E-state index is 0.869. The second kappa shape index (κ2) is 4.78. The van der Waals surface area contributed by atoms with E-state index in [1.165, 1.54) is 9.40 Å². The number of hydrogen-bond acceptors (Lipinski definition) is 5. The Labute approximate surface area is 139 Å². The summed E-state index contributed by atoms with van der Waals surface area (Å²) >= 11 is 3.34. The van der Waals surface area contributed by atoms with Crippen molar-refractivity contribution in [1.82, 2.24) is 14.4 Å². The van der Waals surface area contributed by atoms with E-state index in [4.69, 9.17) is 14.7 Å². The molecule has 0 aliphatic carbocycles. The number of nitrogens with zero attached hydrogens (tertiary/aromatic N) is 3. The van der Waals surface area contributed by atoms with Gasteiger partial charge in [0.05, 0.1) is 27.5 Å². The summed E-state index contributed by atoms with van der Waals surface area (Å²) in [6.07, 6.45) is 2.07. The number of imidazole rings is 1. The average Bonchev–Trinajstić information content (AvgIpc) is 3.25. The van der Waals surface area contributed by atoms with Crippen molar-refractivity contribution in [2.45, 2.75) is 0 Å². The molecule has 6 heteroatoms. The zero-order chi connectivity index (χ0) is 15.4. The largest absolute Gasteiger partial charge is 0.497 e. The lowest BCUT2D eigenvalue weighted by molar-refractivity contribution is 0.415. The molecule has 3 heterocycles. The molecule has 0 aliphatic rings. The van der Waals surface area contributed by atoms with Gasteiger partial charge in [-0.25, -0.2) is 9.97 Å². The molecule has 5 rings (SSSR count). The summed E-state index contributed by atoms with van der Waals surface area (Å²) in [5.74, 6) is 0.869. The highest BCUT2D eigenvalue weighted by atomic mass is 32.1. The average molecular weight is 337 g/mol. The molecule has 4 nitrogen and oxygen atoms in total. The van der Waals surface area contributed by atoms with Crippen LogP contribution in [0.4, 0.5) is 0 Å². The monoisotopic (exact) mass is 337 g/mol. The van der Waals surface area contributed by atoms with Crippen LogP contribution >= 0.6 is 22.7 Å². The van der Waals surface area contributed by atoms with Gasteiger partial charge in [-0.3, -0.25) is 4.40 Å². The summed E-state index contributed by atoms with van der Waals surface area (Å²) in [5, 5.41) is 0.962. The maximum absolute atomic E-state index is 5.29. The molecule has 2 aromatic carbocycles. The lowest BCUT2D eigenvalue weighted by atomic mass is 10.3. The summed E-state index contributed by atoms with van der Waals surface area (Å²) in [5.41, 5.74) is 3.10. The molecule has 0 aliphatic heterocycles. The molecule has 112 valence electrons. The lowest BCUT2D eigenvalue weighted by Gasteiger charge is -1.98. The predicted molar refractivity (Wildman–Crippen MR) is 95.7 cm³/mol. The van der Waals surface area contributed by atoms with Gasteiger partial charge in [-0.05, 0) is 30.3 Å². The minimum Gasteiger partial charge on any atom is -0.497 e. The van der Waals surface area contributed by atoms with E-state index in [0.717, 1.165) is 32.4 Å². The summed E-state index contributed by atoms with van der Waals surface area (Å²) in [7, 11) is 1.69. The third-order valence-electron chi connectivity index (χ3n) is 3.81. The summed E-state index contributed by atoms with van der Waals surface area (Å²) in [6.45, 7) is 0. The number of thiazole rings is 2. The predicted octanol–water partition coefficient (Wildman–Crippen LogP) is 4.83. The van der Waals surface area contributed by atoms with E-state index < -0.39 is 0 Å². The smallest absolute Gasteiger partial charge is 0.195 e. The van der Waals surface area contributed by atoms with E-state index in [1.807, 2.05) is 30.3 Å². The van der Waals surface area contributed by atoms with Crippen LogP contribution in [0.5, 0.6) is 5.75 Å². The Balaban J connectivity index is 1.70. The summed E-state index contributed by atoms with van der Waals surface area (Å²) in [4.78, 5) is 10.4. The molecule has 3 aromatic heterocycles. The molecule has 0 bridgehead atoms. The van der Waals surface area contributed by atoms with E-state index in [-0.39, 0.29) is 0 Å². The zero-order valence-electron chi connectivity index (χ0n) is 12.2. The van der Waals surface area contributed by atoms with E-state index in [2.05, 4.69) is 22.7 Å². The van der Waals surface area contributed by atoms with Crippen LogP contribution < -0.4 is 4.74 Å². The van der Waals surface area contributed by atoms with Crippen LogP contribution in [0.3, 0.4) is 0 Å². The molecule has 23 heavy (non-hydrogen) atoms. The fourth-order valence-corrected chi connectivity index (χ4v) is 4.65. The number of para-hydroxylation sites is 1. The van der Waals surface area contributed by atoms with Crippen molar-refractivity contribution >= 4 is 48.1 Å². The number of rotatable bonds is 2. The molecule has 0 saturated heterocycles. The van der Waals surface area contributed by atoms with Crippen LogP contribution in [0, 0.1) is 0 Å². The molecule has 0 fully saturated rings. The Morgan fingerprint density at radius 3 is 2.78 bits per heavy atom. The molecule has 0 spiro atoms. The van der Waals surface area contributed by atoms with Gasteiger partial charge in [-0.2, -0.15) is 0 Å². The lowest BCUT2D eigenvalue weighted by Crippen LogP contribution is -1.82. The van der Waals surface area contributed by atoms with Crippen LogP contribution in [-0.4, -0.2) is 21.5 Å². The van der Waals surface area contributed by atoms with Gasteiger partial charge in [0, 0.05) is 6.20 Å². The van der Waals surface area contributed by atoms with Gasteiger partial charge in [0.25, 0.3) is 0 Å². The van der Waals surface area contributed by atoms with Crippen molar-refractivity contribution in [3.63, 3.8) is 0 Å². The van der Waals surface area contributed by atoms with E-state index >= 15 is 0 Å². The van der Waals surface area contributed by atoms with Gasteiger partial charge in [0.15, 0.2) is 4.96 Å². The second-order valence-electron chi connectivity index (χ2n) is 5.20. The second-order valence-corrected chi connectivity index (χ2v) is 7.24. The Hall–Kier alpha value is -2.44. The first-order chi connectivity index (χ1) is 11.3. The summed E-state index contributed by atoms with van der Waals surface area (Å²) in [6, 6.07) is 14.3. The number of methoxy groups -OCH3 is 1. The van der Waals surface area contributed by atoms with Gasteiger partial charge in [-0.1, -0.05) is 23.5 Å². The Bertz CT molecular complexity index is 1140. The van der Waals surface area contributed by atoms with Gasteiger partial charge in [0.2, 0.25) is 0 Å². The number of aromatic nitrogens is 3. The van der Waals surface area contributed by atoms with Crippen LogP contribution in [0.25, 0.3) is 36.1 Å². The van der Waals surface area contributed by atoms with Crippen molar-refractivity contribution in [3.8, 4) is 16.5 Å². The van der Waals surface area contributed by atoms with Gasteiger partial charge < -0.3 is 4.74 Å². The van der Waals surface area contributed by atoms with Gasteiger partial charge >= 0.3 is 0 Å². The zero-order valence-corrected chi connectivity index (χ0v) is 13.8. The maximum atomic E-state index is 5.29. The molecule has 0 unspecified atom stereocenters. The van der Waals surface area contributed by atoms with Gasteiger partial charge in [0.1, 0.15) is 16.5 Å². The Morgan fingerprint density at radius 2 is 1.91 bits per heavy atom. The molecule has 0 amide bonds. The standard InChI is InChI=1S/C17H11N3OS2/c1-21-10-6-7-13-15(8-10)23-17-19-12(9-20(13)17)16-18-11-4-2-3-5-14(11)22-16/h2-9H,1H3. The third kappa shape index (κ3) is 1.95. The molecular formula is C17H11N3OS2. The quantitative estimate of drug-likeness (QED) is 0.463. The van der Waals surface area contributed by atoms with Gasteiger partial charge in [-0.15, -0.1) is 11.3 Å². The van der Waals surface area contributed by atoms with E-state index in [9.17, 15) is 0 Å². The fraction of sp³-hybridized carbons (Fsp3) is 0.0588. The highest BCUT2D eigenvalue weighted by Crippen LogP contribution is 2.34. The normalized spacial score (nSPS) is 11.7. The maximum Gasteiger partial charge on any atom is 0.195 e. The van der Waals surface area contributed by atoms with Crippen LogP contribution in [0.2, 0.25) is 0 Å². The summed E-state index contributed by atoms with van der Waals surface area (Å²) < 4.78 is 9.77. The topological polar surface area (TPSA) is 39.4 Å². The van der Waals surface area contributed by atoms with Crippen molar-refractivity contribution in [3.05, 3.63) is 48.7 Å². The van der Waals surface area contributed by atoms with Crippen molar-refractivity contribution in [2.75, 3.05) is 7.11 Å². The number of benzene rings is 2. The van der Waals surface area contributed by atoms with Crippen LogP contribution in [0.15, 0.2) is 48.7 Å². The first-order valence-corrected chi connectivity index (χ1v) is 8.77. The highest BCUT2D eigenvalue weighted by Gasteiger charge is 2.13. The first kappa shape index (κ1) is 13.0. The molecular weight excluding hydrogens is 326 g/mol. The van der Waals surface area contributed by atoms with Crippen molar-refractivity contribution in [1.29, 1.82) is 0 Å². The Kier molecular flexibility index (Phi) is 2.71. The number of hydrogen-bond donors (Lipinski definition) is 0. The fourth-order valence-electron chi connectivity index (χ4n) is 2.69. The molecule has 5 aromatic rings. The third-order valence-corrected chi connectivity index (χ3v) is 5.89. The molecule has 0 atom stereocenters. The number of ether oxygens (including phenoxy) is 1. The SMILES string of the molecule is COc1ccc2c(c1)sc1nc(-c3nc4ccccc4s3)cn12. The molecule has 0 saturated carbocycles. The van der Waals surface area contributed by atoms with Crippen molar-refractivity contribution < 1.29 is 4.74 Å². The minimum atomic E-state index is 0.869. The van der Waals surface area contributed by atoms with Crippen molar-refractivity contribution in [2.24, 2.45) is 0 Å². The van der Waals surface area contributed by atoms with Crippen LogP contribution in [0.1, 0.15) is 0 Å². The van der Waals surface area contributed by atoms with E-state index in [0.29, 0.717) is 0 Å². The number of fused-ring (bicyclic) bond motifs is 4. The highest BCUT2D eigenvalue weighted by molar-refractivity contribution is 7.23. The molecule has 0 radical (unpaired) electrons. The molecule has 0 N–H and O–H groups in total.